The average Bonchev–Trinajstić information content (AvgIpc) is 2.63. The lowest BCUT2D eigenvalue weighted by atomic mass is 10.0. The fraction of sp³-hybridized carbons (Fsp3) is 0.692. The number of nitrogens with zero attached hydrogens (tertiary/aromatic N) is 1. The maximum atomic E-state index is 6.17. The van der Waals surface area contributed by atoms with Crippen LogP contribution in [-0.2, 0) is 0 Å². The first kappa shape index (κ1) is 15.0. The average molecular weight is 275 g/mol. The second kappa shape index (κ2) is 6.74. The Morgan fingerprint density at radius 1 is 1.35 bits per heavy atom. The molecule has 2 atom stereocenters. The highest BCUT2D eigenvalue weighted by Gasteiger charge is 2.26. The van der Waals surface area contributed by atoms with Gasteiger partial charge < -0.3 is 5.73 Å². The number of halogens is 1. The molecule has 1 rings (SSSR count). The van der Waals surface area contributed by atoms with Gasteiger partial charge in [-0.2, -0.15) is 0 Å². The van der Waals surface area contributed by atoms with Crippen molar-refractivity contribution in [2.45, 2.75) is 52.2 Å². The number of hydrogen-bond acceptors (Lipinski definition) is 3. The molecule has 1 aromatic rings. The Bertz CT molecular complexity index is 336. The predicted molar refractivity (Wildman–Crippen MR) is 77.9 cm³/mol. The van der Waals surface area contributed by atoms with Crippen LogP contribution in [0, 0.1) is 0 Å². The minimum absolute atomic E-state index is 0.110. The van der Waals surface area contributed by atoms with E-state index in [0.29, 0.717) is 6.04 Å². The highest BCUT2D eigenvalue weighted by Crippen LogP contribution is 2.33. The molecule has 0 bridgehead atoms. The van der Waals surface area contributed by atoms with Crippen molar-refractivity contribution in [3.8, 4) is 0 Å². The van der Waals surface area contributed by atoms with Crippen molar-refractivity contribution < 1.29 is 0 Å². The van der Waals surface area contributed by atoms with E-state index >= 15 is 0 Å². The van der Waals surface area contributed by atoms with Crippen molar-refractivity contribution in [1.82, 2.24) is 4.90 Å². The van der Waals surface area contributed by atoms with Crippen molar-refractivity contribution in [2.24, 2.45) is 5.73 Å². The van der Waals surface area contributed by atoms with Crippen LogP contribution in [0.4, 0.5) is 0 Å². The van der Waals surface area contributed by atoms with E-state index in [0.717, 1.165) is 17.3 Å². The van der Waals surface area contributed by atoms with Crippen LogP contribution >= 0.6 is 22.9 Å². The van der Waals surface area contributed by atoms with Gasteiger partial charge in [-0.1, -0.05) is 18.5 Å². The Labute approximate surface area is 114 Å². The van der Waals surface area contributed by atoms with Gasteiger partial charge in [0, 0.05) is 17.0 Å². The van der Waals surface area contributed by atoms with E-state index in [4.69, 9.17) is 17.3 Å². The number of thiophene rings is 1. The molecule has 4 heteroatoms. The fourth-order valence-corrected chi connectivity index (χ4v) is 3.49. The Morgan fingerprint density at radius 3 is 2.35 bits per heavy atom. The summed E-state index contributed by atoms with van der Waals surface area (Å²) in [7, 11) is 0. The molecule has 2 nitrogen and oxygen atoms in total. The zero-order chi connectivity index (χ0) is 13.0. The van der Waals surface area contributed by atoms with Crippen molar-refractivity contribution in [3.05, 3.63) is 21.3 Å². The molecule has 17 heavy (non-hydrogen) atoms. The smallest absolute Gasteiger partial charge is 0.0931 e. The molecule has 0 saturated carbocycles. The molecule has 2 N–H and O–H groups in total. The van der Waals surface area contributed by atoms with Crippen LogP contribution in [0.25, 0.3) is 0 Å². The third-order valence-corrected chi connectivity index (χ3v) is 4.19. The van der Waals surface area contributed by atoms with Gasteiger partial charge in [-0.05, 0) is 45.9 Å². The fourth-order valence-electron chi connectivity index (χ4n) is 2.19. The highest BCUT2D eigenvalue weighted by atomic mass is 35.5. The van der Waals surface area contributed by atoms with Gasteiger partial charge in [0.05, 0.1) is 10.4 Å². The molecular weight excluding hydrogens is 252 g/mol. The van der Waals surface area contributed by atoms with Crippen molar-refractivity contribution in [1.29, 1.82) is 0 Å². The molecule has 0 saturated heterocycles. The van der Waals surface area contributed by atoms with E-state index in [1.54, 1.807) is 11.3 Å². The van der Waals surface area contributed by atoms with Crippen molar-refractivity contribution in [3.63, 3.8) is 0 Å². The van der Waals surface area contributed by atoms with Gasteiger partial charge in [0.15, 0.2) is 0 Å². The standard InChI is InChI=1S/C13H23ClN2S/c1-5-8-16(9(2)3)13(10(4)15)11-6-7-12(14)17-11/h6-7,9-10,13H,5,8,15H2,1-4H3. The molecule has 0 aromatic carbocycles. The van der Waals surface area contributed by atoms with E-state index in [1.165, 1.54) is 4.88 Å². The van der Waals surface area contributed by atoms with Crippen LogP contribution in [0.5, 0.6) is 0 Å². The molecule has 98 valence electrons. The molecule has 0 aliphatic heterocycles. The normalized spacial score (nSPS) is 15.5. The lowest BCUT2D eigenvalue weighted by Gasteiger charge is -2.36. The predicted octanol–water partition coefficient (Wildman–Crippen LogP) is 3.91. The van der Waals surface area contributed by atoms with E-state index < -0.39 is 0 Å². The van der Waals surface area contributed by atoms with Gasteiger partial charge in [-0.3, -0.25) is 4.90 Å². The minimum atomic E-state index is 0.110. The Kier molecular flexibility index (Phi) is 5.93. The molecule has 0 fully saturated rings. The Morgan fingerprint density at radius 2 is 2.00 bits per heavy atom. The summed E-state index contributed by atoms with van der Waals surface area (Å²) < 4.78 is 0.839. The summed E-state index contributed by atoms with van der Waals surface area (Å²) in [5.74, 6) is 0. The van der Waals surface area contributed by atoms with Crippen LogP contribution in [0.3, 0.4) is 0 Å². The summed E-state index contributed by atoms with van der Waals surface area (Å²) in [6.45, 7) is 9.79. The van der Waals surface area contributed by atoms with Gasteiger partial charge in [0.2, 0.25) is 0 Å². The third kappa shape index (κ3) is 3.95. The monoisotopic (exact) mass is 274 g/mol. The first-order valence-corrected chi connectivity index (χ1v) is 7.43. The second-order valence-electron chi connectivity index (χ2n) is 4.78. The van der Waals surface area contributed by atoms with Crippen LogP contribution < -0.4 is 5.73 Å². The minimum Gasteiger partial charge on any atom is -0.326 e. The van der Waals surface area contributed by atoms with E-state index in [-0.39, 0.29) is 12.1 Å². The van der Waals surface area contributed by atoms with Crippen LogP contribution in [-0.4, -0.2) is 23.5 Å². The lowest BCUT2D eigenvalue weighted by molar-refractivity contribution is 0.138. The lowest BCUT2D eigenvalue weighted by Crippen LogP contribution is -2.43. The zero-order valence-corrected chi connectivity index (χ0v) is 12.7. The summed E-state index contributed by atoms with van der Waals surface area (Å²) in [5.41, 5.74) is 6.17. The maximum Gasteiger partial charge on any atom is 0.0931 e. The summed E-state index contributed by atoms with van der Waals surface area (Å²) in [6.07, 6.45) is 1.14. The largest absolute Gasteiger partial charge is 0.326 e. The van der Waals surface area contributed by atoms with Crippen LogP contribution in [0.15, 0.2) is 12.1 Å². The summed E-state index contributed by atoms with van der Waals surface area (Å²) in [6, 6.07) is 4.94. The molecule has 1 heterocycles. The molecule has 1 aromatic heterocycles. The number of rotatable bonds is 6. The van der Waals surface area contributed by atoms with E-state index in [9.17, 15) is 0 Å². The molecule has 2 unspecified atom stereocenters. The first-order chi connectivity index (χ1) is 7.97. The van der Waals surface area contributed by atoms with Gasteiger partial charge >= 0.3 is 0 Å². The molecule has 0 spiro atoms. The quantitative estimate of drug-likeness (QED) is 0.852. The highest BCUT2D eigenvalue weighted by molar-refractivity contribution is 7.16. The molecule has 0 amide bonds. The maximum absolute atomic E-state index is 6.17. The van der Waals surface area contributed by atoms with Crippen LogP contribution in [0.2, 0.25) is 4.34 Å². The molecule has 0 aliphatic rings. The van der Waals surface area contributed by atoms with Gasteiger partial charge in [0.25, 0.3) is 0 Å². The van der Waals surface area contributed by atoms with Gasteiger partial charge in [-0.25, -0.2) is 0 Å². The first-order valence-electron chi connectivity index (χ1n) is 6.24. The molecular formula is C13H23ClN2S. The van der Waals surface area contributed by atoms with Gasteiger partial charge in [-0.15, -0.1) is 11.3 Å². The van der Waals surface area contributed by atoms with E-state index in [2.05, 4.69) is 38.7 Å². The topological polar surface area (TPSA) is 29.3 Å². The summed E-state index contributed by atoms with van der Waals surface area (Å²) >= 11 is 7.67. The second-order valence-corrected chi connectivity index (χ2v) is 6.52. The zero-order valence-electron chi connectivity index (χ0n) is 11.1. The van der Waals surface area contributed by atoms with Crippen molar-refractivity contribution in [2.75, 3.05) is 6.54 Å². The summed E-state index contributed by atoms with van der Waals surface area (Å²) in [4.78, 5) is 3.74. The number of hydrogen-bond donors (Lipinski definition) is 1. The Hall–Kier alpha value is -0.0900. The van der Waals surface area contributed by atoms with Crippen molar-refractivity contribution >= 4 is 22.9 Å². The molecule has 0 aliphatic carbocycles. The SMILES string of the molecule is CCCN(C(C)C)C(c1ccc(Cl)s1)C(C)N. The van der Waals surface area contributed by atoms with Crippen LogP contribution in [0.1, 0.15) is 45.0 Å². The third-order valence-electron chi connectivity index (χ3n) is 2.89. The summed E-state index contributed by atoms with van der Waals surface area (Å²) in [5, 5.41) is 0. The van der Waals surface area contributed by atoms with E-state index in [1.807, 2.05) is 6.07 Å². The Balaban J connectivity index is 2.98. The molecule has 0 radical (unpaired) electrons. The number of nitrogens with two attached hydrogens (primary N) is 1. The van der Waals surface area contributed by atoms with Gasteiger partial charge in [0.1, 0.15) is 0 Å².